The predicted molar refractivity (Wildman–Crippen MR) is 300 cm³/mol. The van der Waals surface area contributed by atoms with Crippen molar-refractivity contribution in [2.75, 3.05) is 19.8 Å². The standard InChI is InChI=1S/C65H62N4O9/c1-2-37-75-65-61(68(64(72)49-25-21-44(41-66)22-26-49)42-51-18-12-17-48-15-6-7-19-55(48)51)40-59(67-76-43-45-23-29-52(30-24-45)69(73)74)57-38-50(16-8-10-35-70)56(20-9-11-36-71)62(63(57)65)58-39-54(33-34-60(58)78-65)77-53-31-27-47(28-32-53)46-13-4-3-5-14-46/h2-7,12-15,17-19,21-34,38-39,50,56,61-63,70-71H,1,8-11,16,20,35-37,40,42-43H2/t50-,56+,61-,62+,63+,65+/m0/s1. The molecule has 1 saturated carbocycles. The summed E-state index contributed by atoms with van der Waals surface area (Å²) in [6, 6.07) is 52.3. The molecule has 10 rings (SSSR count). The number of ether oxygens (including phenoxy) is 3. The Labute approximate surface area is 454 Å². The molecular formula is C65H62N4O9. The molecule has 0 saturated heterocycles. The molecule has 0 unspecified atom stereocenters. The van der Waals surface area contributed by atoms with Crippen molar-refractivity contribution in [3.05, 3.63) is 226 Å². The highest BCUT2D eigenvalue weighted by atomic mass is 16.7. The number of carbonyl (C=O) groups is 1. The molecule has 1 aliphatic heterocycles. The number of hydrogen-bond acceptors (Lipinski definition) is 11. The van der Waals surface area contributed by atoms with E-state index in [9.17, 15) is 25.6 Å². The zero-order chi connectivity index (χ0) is 54.0. The van der Waals surface area contributed by atoms with Gasteiger partial charge in [0.15, 0.2) is 0 Å². The molecule has 2 N–H and O–H groups in total. The SMILES string of the molecule is C=CCO[C@@]12Oc3ccc(Oc4ccc(-c5ccccc5)cc4)cc3[C@H]3[C@H](CCCCO)[C@@H](CCCCO)C=C(C(=NOCc4ccc([N+](=O)[O-])cc4)C[C@@H]1N(Cc1cccc4ccccc14)C(=O)c1ccc(C#N)cc1)[C@H]32. The minimum absolute atomic E-state index is 0.00556. The van der Waals surface area contributed by atoms with E-state index < -0.39 is 22.7 Å². The van der Waals surface area contributed by atoms with Crippen LogP contribution in [0, 0.1) is 39.2 Å². The van der Waals surface area contributed by atoms with E-state index in [1.54, 1.807) is 42.5 Å². The van der Waals surface area contributed by atoms with Gasteiger partial charge in [0.25, 0.3) is 11.6 Å². The number of nitriles is 1. The fourth-order valence-corrected chi connectivity index (χ4v) is 11.9. The lowest BCUT2D eigenvalue weighted by Crippen LogP contribution is -2.70. The first-order chi connectivity index (χ1) is 38.2. The van der Waals surface area contributed by atoms with Crippen LogP contribution in [0.4, 0.5) is 5.69 Å². The number of fused-ring (bicyclic) bond motifs is 3. The van der Waals surface area contributed by atoms with Crippen molar-refractivity contribution >= 4 is 28.1 Å². The molecule has 1 fully saturated rings. The summed E-state index contributed by atoms with van der Waals surface area (Å²) in [5.74, 6) is -1.11. The van der Waals surface area contributed by atoms with Crippen molar-refractivity contribution in [1.29, 1.82) is 5.26 Å². The lowest BCUT2D eigenvalue weighted by molar-refractivity contribution is -0.384. The number of nitro benzene ring substituents is 1. The Kier molecular flexibility index (Phi) is 16.5. The number of nitro groups is 1. The number of unbranched alkanes of at least 4 members (excludes halogenated alkanes) is 2. The summed E-state index contributed by atoms with van der Waals surface area (Å²) in [7, 11) is 0. The van der Waals surface area contributed by atoms with E-state index in [0.717, 1.165) is 64.3 Å². The minimum atomic E-state index is -1.58. The number of aliphatic hydroxyl groups is 2. The highest BCUT2D eigenvalue weighted by Gasteiger charge is 2.65. The first-order valence-corrected chi connectivity index (χ1v) is 26.8. The fourth-order valence-electron chi connectivity index (χ4n) is 11.9. The second-order valence-corrected chi connectivity index (χ2v) is 20.2. The maximum Gasteiger partial charge on any atom is 0.269 e. The first-order valence-electron chi connectivity index (χ1n) is 26.8. The molecule has 7 aromatic rings. The zero-order valence-electron chi connectivity index (χ0n) is 43.4. The van der Waals surface area contributed by atoms with Gasteiger partial charge in [0.05, 0.1) is 34.8 Å². The average Bonchev–Trinajstić information content (AvgIpc) is 3.53. The molecule has 0 spiro atoms. The molecule has 7 aromatic carbocycles. The van der Waals surface area contributed by atoms with Gasteiger partial charge < -0.3 is 34.2 Å². The van der Waals surface area contributed by atoms with Crippen LogP contribution in [-0.4, -0.2) is 63.3 Å². The summed E-state index contributed by atoms with van der Waals surface area (Å²) < 4.78 is 21.6. The second kappa shape index (κ2) is 24.3. The van der Waals surface area contributed by atoms with Gasteiger partial charge in [-0.05, 0) is 143 Å². The third kappa shape index (κ3) is 11.2. The molecule has 2 aliphatic carbocycles. The van der Waals surface area contributed by atoms with E-state index in [0.29, 0.717) is 52.5 Å². The Morgan fingerprint density at radius 2 is 1.54 bits per heavy atom. The second-order valence-electron chi connectivity index (χ2n) is 20.2. The Balaban J connectivity index is 1.17. The average molecular weight is 1040 g/mol. The summed E-state index contributed by atoms with van der Waals surface area (Å²) in [4.78, 5) is 35.1. The Hall–Kier alpha value is -8.41. The predicted octanol–water partition coefficient (Wildman–Crippen LogP) is 13.3. The van der Waals surface area contributed by atoms with Crippen molar-refractivity contribution in [1.82, 2.24) is 4.90 Å². The summed E-state index contributed by atoms with van der Waals surface area (Å²) >= 11 is 0. The van der Waals surface area contributed by atoms with Gasteiger partial charge in [-0.2, -0.15) is 5.26 Å². The summed E-state index contributed by atoms with van der Waals surface area (Å²) in [5, 5.41) is 48.7. The van der Waals surface area contributed by atoms with Crippen LogP contribution in [0.3, 0.4) is 0 Å². The van der Waals surface area contributed by atoms with E-state index >= 15 is 4.79 Å². The molecule has 0 bridgehead atoms. The van der Waals surface area contributed by atoms with E-state index in [1.807, 2.05) is 95.9 Å². The Morgan fingerprint density at radius 3 is 2.27 bits per heavy atom. The van der Waals surface area contributed by atoms with Crippen LogP contribution in [0.1, 0.15) is 83.5 Å². The minimum Gasteiger partial charge on any atom is -0.459 e. The number of rotatable bonds is 22. The summed E-state index contributed by atoms with van der Waals surface area (Å²) in [6.07, 6.45) is 8.29. The van der Waals surface area contributed by atoms with Gasteiger partial charge in [0, 0.05) is 55.4 Å². The maximum absolute atomic E-state index is 15.8. The number of nitrogens with zero attached hydrogens (tertiary/aromatic N) is 4. The lowest BCUT2D eigenvalue weighted by atomic mass is 9.55. The van der Waals surface area contributed by atoms with Crippen molar-refractivity contribution < 1.29 is 39.0 Å². The summed E-state index contributed by atoms with van der Waals surface area (Å²) in [6.45, 7) is 4.41. The van der Waals surface area contributed by atoms with Crippen LogP contribution in [-0.2, 0) is 22.7 Å². The molecule has 0 aromatic heterocycles. The van der Waals surface area contributed by atoms with Crippen LogP contribution in [0.2, 0.25) is 0 Å². The normalized spacial score (nSPS) is 20.6. The third-order valence-electron chi connectivity index (χ3n) is 15.5. The quantitative estimate of drug-likeness (QED) is 0.0287. The number of oxime groups is 1. The molecule has 3 aliphatic rings. The molecule has 13 nitrogen and oxygen atoms in total. The van der Waals surface area contributed by atoms with E-state index in [-0.39, 0.29) is 68.7 Å². The van der Waals surface area contributed by atoms with E-state index in [4.69, 9.17) is 24.2 Å². The van der Waals surface area contributed by atoms with E-state index in [1.165, 1.54) is 12.1 Å². The third-order valence-corrected chi connectivity index (χ3v) is 15.5. The van der Waals surface area contributed by atoms with Crippen LogP contribution in [0.15, 0.2) is 193 Å². The van der Waals surface area contributed by atoms with Crippen molar-refractivity contribution in [3.63, 3.8) is 0 Å². The smallest absolute Gasteiger partial charge is 0.269 e. The van der Waals surface area contributed by atoms with E-state index in [2.05, 4.69) is 43.0 Å². The number of aliphatic hydroxyl groups excluding tert-OH is 2. The van der Waals surface area contributed by atoms with Gasteiger partial charge in [0.2, 0.25) is 5.79 Å². The van der Waals surface area contributed by atoms with Gasteiger partial charge in [-0.1, -0.05) is 115 Å². The fraction of sp³-hybridized carbons (Fsp3) is 0.277. The van der Waals surface area contributed by atoms with Gasteiger partial charge in [-0.15, -0.1) is 6.58 Å². The van der Waals surface area contributed by atoms with Crippen LogP contribution in [0.25, 0.3) is 21.9 Å². The Bertz CT molecular complexity index is 3350. The molecule has 1 heterocycles. The van der Waals surface area contributed by atoms with Crippen molar-refractivity contribution in [3.8, 4) is 34.4 Å². The zero-order valence-corrected chi connectivity index (χ0v) is 43.4. The monoisotopic (exact) mass is 1040 g/mol. The largest absolute Gasteiger partial charge is 0.459 e. The van der Waals surface area contributed by atoms with Crippen LogP contribution < -0.4 is 9.47 Å². The molecule has 13 heteroatoms. The van der Waals surface area contributed by atoms with Crippen molar-refractivity contribution in [2.45, 2.75) is 75.8 Å². The molecule has 396 valence electrons. The first kappa shape index (κ1) is 53.0. The van der Waals surface area contributed by atoms with Gasteiger partial charge in [-0.25, -0.2) is 0 Å². The van der Waals surface area contributed by atoms with Gasteiger partial charge in [-0.3, -0.25) is 14.9 Å². The van der Waals surface area contributed by atoms with Crippen molar-refractivity contribution in [2.24, 2.45) is 22.9 Å². The molecule has 6 atom stereocenters. The number of hydrogen-bond donors (Lipinski definition) is 2. The highest BCUT2D eigenvalue weighted by molar-refractivity contribution is 6.03. The number of allylic oxidation sites excluding steroid dienone is 1. The maximum atomic E-state index is 15.8. The number of benzene rings is 7. The topological polar surface area (TPSA) is 177 Å². The number of non-ortho nitro benzene ring substituents is 1. The lowest BCUT2D eigenvalue weighted by Gasteiger charge is -2.60. The number of carbonyl (C=O) groups excluding carboxylic acids is 1. The highest BCUT2D eigenvalue weighted by Crippen LogP contribution is 2.62. The summed E-state index contributed by atoms with van der Waals surface area (Å²) in [5.41, 5.74) is 6.79. The molecule has 0 radical (unpaired) electrons. The van der Waals surface area contributed by atoms with Crippen LogP contribution in [0.5, 0.6) is 17.2 Å². The van der Waals surface area contributed by atoms with Crippen LogP contribution >= 0.6 is 0 Å². The Morgan fingerprint density at radius 1 is 0.833 bits per heavy atom. The molecular weight excluding hydrogens is 981 g/mol. The van der Waals surface area contributed by atoms with Gasteiger partial charge >= 0.3 is 0 Å². The number of amides is 1. The molecule has 78 heavy (non-hydrogen) atoms. The van der Waals surface area contributed by atoms with Gasteiger partial charge in [0.1, 0.15) is 29.9 Å². The molecule has 1 amide bonds.